The summed E-state index contributed by atoms with van der Waals surface area (Å²) in [6.07, 6.45) is 0.835. The number of carboxylic acid groups (broad SMARTS) is 1. The summed E-state index contributed by atoms with van der Waals surface area (Å²) in [5.41, 5.74) is 0.846. The van der Waals surface area contributed by atoms with Gasteiger partial charge in [-0.25, -0.2) is 0 Å². The molecule has 126 valence electrons. The smallest absolute Gasteiger partial charge is 0.323 e. The van der Waals surface area contributed by atoms with E-state index in [2.05, 4.69) is 15.9 Å². The Morgan fingerprint density at radius 1 is 1.13 bits per heavy atom. The molecule has 1 aromatic rings. The lowest BCUT2D eigenvalue weighted by atomic mass is 10.1. The highest BCUT2D eigenvalue weighted by Gasteiger charge is 2.17. The summed E-state index contributed by atoms with van der Waals surface area (Å²) in [6.45, 7) is -0.126. The zero-order valence-corrected chi connectivity index (χ0v) is 14.9. The molecular formula is C16H21BrN2O4. The van der Waals surface area contributed by atoms with E-state index < -0.39 is 5.97 Å². The van der Waals surface area contributed by atoms with Gasteiger partial charge in [0.25, 0.3) is 0 Å². The van der Waals surface area contributed by atoms with Crippen LogP contribution < -0.4 is 0 Å². The molecule has 0 aliphatic rings. The van der Waals surface area contributed by atoms with Crippen LogP contribution in [0.15, 0.2) is 28.7 Å². The number of rotatable bonds is 8. The van der Waals surface area contributed by atoms with Gasteiger partial charge in [-0.1, -0.05) is 28.1 Å². The first-order valence-electron chi connectivity index (χ1n) is 7.23. The van der Waals surface area contributed by atoms with Crippen LogP contribution in [0.5, 0.6) is 0 Å². The number of carbonyl (C=O) groups excluding carboxylic acids is 2. The van der Waals surface area contributed by atoms with Crippen molar-refractivity contribution in [1.82, 2.24) is 9.80 Å². The zero-order chi connectivity index (χ0) is 17.4. The summed E-state index contributed by atoms with van der Waals surface area (Å²) in [4.78, 5) is 37.5. The largest absolute Gasteiger partial charge is 0.480 e. The third-order valence-electron chi connectivity index (χ3n) is 3.22. The molecule has 0 aliphatic heterocycles. The molecule has 7 heteroatoms. The topological polar surface area (TPSA) is 77.9 Å². The predicted octanol–water partition coefficient (Wildman–Crippen LogP) is 2.12. The molecular weight excluding hydrogens is 364 g/mol. The fraction of sp³-hybridized carbons (Fsp3) is 0.438. The van der Waals surface area contributed by atoms with Gasteiger partial charge in [-0.3, -0.25) is 14.4 Å². The van der Waals surface area contributed by atoms with Crippen LogP contribution in [0.25, 0.3) is 0 Å². The van der Waals surface area contributed by atoms with Crippen molar-refractivity contribution in [1.29, 1.82) is 0 Å². The van der Waals surface area contributed by atoms with Crippen LogP contribution in [0, 0.1) is 0 Å². The van der Waals surface area contributed by atoms with E-state index in [-0.39, 0.29) is 37.7 Å². The second-order valence-corrected chi connectivity index (χ2v) is 6.33. The summed E-state index contributed by atoms with van der Waals surface area (Å²) in [7, 11) is 3.32. The van der Waals surface area contributed by atoms with Gasteiger partial charge >= 0.3 is 5.97 Å². The minimum atomic E-state index is -1.06. The first kappa shape index (κ1) is 19.2. The molecule has 0 aliphatic carbocycles. The van der Waals surface area contributed by atoms with Gasteiger partial charge in [0.1, 0.15) is 6.54 Å². The SMILES string of the molecule is CN(C)C(=O)CCCC(=O)N(CC(=O)O)Cc1cccc(Br)c1. The van der Waals surface area contributed by atoms with Crippen molar-refractivity contribution in [2.75, 3.05) is 20.6 Å². The molecule has 0 saturated carbocycles. The number of hydrogen-bond donors (Lipinski definition) is 1. The van der Waals surface area contributed by atoms with E-state index in [9.17, 15) is 14.4 Å². The van der Waals surface area contributed by atoms with Gasteiger partial charge in [0, 0.05) is 38.0 Å². The number of hydrogen-bond acceptors (Lipinski definition) is 3. The van der Waals surface area contributed by atoms with Crippen molar-refractivity contribution in [3.05, 3.63) is 34.3 Å². The van der Waals surface area contributed by atoms with Crippen molar-refractivity contribution >= 4 is 33.7 Å². The number of amides is 2. The highest BCUT2D eigenvalue weighted by Crippen LogP contribution is 2.14. The number of nitrogens with zero attached hydrogens (tertiary/aromatic N) is 2. The van der Waals surface area contributed by atoms with E-state index in [0.29, 0.717) is 6.42 Å². The molecule has 1 aromatic carbocycles. The Kier molecular flexibility index (Phi) is 7.74. The minimum absolute atomic E-state index is 0.0467. The van der Waals surface area contributed by atoms with Gasteiger partial charge < -0.3 is 14.9 Å². The molecule has 1 rings (SSSR count). The molecule has 0 unspecified atom stereocenters. The van der Waals surface area contributed by atoms with E-state index in [0.717, 1.165) is 10.0 Å². The number of halogens is 1. The molecule has 0 atom stereocenters. The molecule has 6 nitrogen and oxygen atoms in total. The maximum absolute atomic E-state index is 12.2. The molecule has 0 heterocycles. The predicted molar refractivity (Wildman–Crippen MR) is 89.7 cm³/mol. The average Bonchev–Trinajstić information content (AvgIpc) is 2.45. The van der Waals surface area contributed by atoms with Gasteiger partial charge in [-0.05, 0) is 24.1 Å². The van der Waals surface area contributed by atoms with Crippen molar-refractivity contribution in [3.8, 4) is 0 Å². The van der Waals surface area contributed by atoms with E-state index in [1.54, 1.807) is 14.1 Å². The quantitative estimate of drug-likeness (QED) is 0.744. The van der Waals surface area contributed by atoms with Gasteiger partial charge in [0.05, 0.1) is 0 Å². The molecule has 0 radical (unpaired) electrons. The molecule has 2 amide bonds. The van der Waals surface area contributed by atoms with E-state index in [4.69, 9.17) is 5.11 Å². The Bertz CT molecular complexity index is 575. The third kappa shape index (κ3) is 7.27. The molecule has 23 heavy (non-hydrogen) atoms. The molecule has 0 aromatic heterocycles. The summed E-state index contributed by atoms with van der Waals surface area (Å²) in [5, 5.41) is 8.99. The Morgan fingerprint density at radius 3 is 2.35 bits per heavy atom. The fourth-order valence-electron chi connectivity index (χ4n) is 2.02. The highest BCUT2D eigenvalue weighted by molar-refractivity contribution is 9.10. The van der Waals surface area contributed by atoms with Crippen LogP contribution in [-0.4, -0.2) is 53.3 Å². The maximum atomic E-state index is 12.2. The van der Waals surface area contributed by atoms with Crippen molar-refractivity contribution in [2.24, 2.45) is 0 Å². The Balaban J connectivity index is 2.64. The lowest BCUT2D eigenvalue weighted by Gasteiger charge is -2.21. The van der Waals surface area contributed by atoms with Crippen LogP contribution in [0.1, 0.15) is 24.8 Å². The fourth-order valence-corrected chi connectivity index (χ4v) is 2.47. The van der Waals surface area contributed by atoms with Crippen molar-refractivity contribution in [3.63, 3.8) is 0 Å². The van der Waals surface area contributed by atoms with Crippen LogP contribution in [0.4, 0.5) is 0 Å². The first-order valence-corrected chi connectivity index (χ1v) is 8.03. The van der Waals surface area contributed by atoms with Gasteiger partial charge in [-0.2, -0.15) is 0 Å². The van der Waals surface area contributed by atoms with E-state index in [1.165, 1.54) is 9.80 Å². The molecule has 0 saturated heterocycles. The summed E-state index contributed by atoms with van der Waals surface area (Å²) in [5.74, 6) is -1.37. The second-order valence-electron chi connectivity index (χ2n) is 5.42. The molecule has 0 spiro atoms. The number of carboxylic acids is 1. The third-order valence-corrected chi connectivity index (χ3v) is 3.71. The number of benzene rings is 1. The molecule has 0 bridgehead atoms. The highest BCUT2D eigenvalue weighted by atomic mass is 79.9. The van der Waals surface area contributed by atoms with Crippen LogP contribution in [0.2, 0.25) is 0 Å². The second kappa shape index (κ2) is 9.29. The molecule has 0 fully saturated rings. The van der Waals surface area contributed by atoms with Gasteiger partial charge in [0.15, 0.2) is 0 Å². The van der Waals surface area contributed by atoms with E-state index >= 15 is 0 Å². The van der Waals surface area contributed by atoms with Gasteiger partial charge in [0.2, 0.25) is 11.8 Å². The Morgan fingerprint density at radius 2 is 1.78 bits per heavy atom. The lowest BCUT2D eigenvalue weighted by molar-refractivity contribution is -0.145. The number of carbonyl (C=O) groups is 3. The average molecular weight is 385 g/mol. The van der Waals surface area contributed by atoms with Crippen LogP contribution >= 0.6 is 15.9 Å². The molecule has 1 N–H and O–H groups in total. The van der Waals surface area contributed by atoms with Crippen molar-refractivity contribution in [2.45, 2.75) is 25.8 Å². The first-order chi connectivity index (χ1) is 10.8. The van der Waals surface area contributed by atoms with Crippen LogP contribution in [-0.2, 0) is 20.9 Å². The standard InChI is InChI=1S/C16H21BrN2O4/c1-18(2)14(20)7-4-8-15(21)19(11-16(22)23)10-12-5-3-6-13(17)9-12/h3,5-6,9H,4,7-8,10-11H2,1-2H3,(H,22,23). The van der Waals surface area contributed by atoms with Crippen LogP contribution in [0.3, 0.4) is 0 Å². The van der Waals surface area contributed by atoms with E-state index in [1.807, 2.05) is 24.3 Å². The summed E-state index contributed by atoms with van der Waals surface area (Å²) >= 11 is 3.35. The zero-order valence-electron chi connectivity index (χ0n) is 13.3. The summed E-state index contributed by atoms with van der Waals surface area (Å²) in [6, 6.07) is 7.37. The van der Waals surface area contributed by atoms with Crippen molar-refractivity contribution < 1.29 is 19.5 Å². The monoisotopic (exact) mass is 384 g/mol. The summed E-state index contributed by atoms with van der Waals surface area (Å²) < 4.78 is 0.870. The maximum Gasteiger partial charge on any atom is 0.323 e. The normalized spacial score (nSPS) is 10.2. The Labute approximate surface area is 144 Å². The van der Waals surface area contributed by atoms with Gasteiger partial charge in [-0.15, -0.1) is 0 Å². The Hall–Kier alpha value is -1.89. The minimum Gasteiger partial charge on any atom is -0.480 e. The lowest BCUT2D eigenvalue weighted by Crippen LogP contribution is -2.35. The number of aliphatic carboxylic acids is 1.